The molecular formula is C70H30F3N11. The molecule has 0 bridgehead atoms. The van der Waals surface area contributed by atoms with E-state index in [1.165, 1.54) is 45.5 Å². The fourth-order valence-corrected chi connectivity index (χ4v) is 11.2. The Balaban J connectivity index is 1.22. The van der Waals surface area contributed by atoms with E-state index in [2.05, 4.69) is 54.6 Å². The highest BCUT2D eigenvalue weighted by atomic mass is 19.4. The summed E-state index contributed by atoms with van der Waals surface area (Å²) in [7, 11) is 0. The highest BCUT2D eigenvalue weighted by Gasteiger charge is 2.40. The molecule has 12 aromatic rings. The number of nitrogens with zero attached hydrogens (tertiary/aromatic N) is 11. The van der Waals surface area contributed by atoms with Gasteiger partial charge in [0.1, 0.15) is 5.56 Å². The van der Waals surface area contributed by atoms with Crippen molar-refractivity contribution in [3.05, 3.63) is 238 Å². The molecule has 0 saturated carbocycles. The van der Waals surface area contributed by atoms with Crippen molar-refractivity contribution in [2.24, 2.45) is 0 Å². The Morgan fingerprint density at radius 2 is 0.488 bits per heavy atom. The van der Waals surface area contributed by atoms with Crippen molar-refractivity contribution < 1.29 is 13.2 Å². The van der Waals surface area contributed by atoms with E-state index in [0.717, 1.165) is 0 Å². The number of hydrogen-bond donors (Lipinski definition) is 0. The van der Waals surface area contributed by atoms with Gasteiger partial charge < -0.3 is 9.13 Å². The van der Waals surface area contributed by atoms with E-state index in [9.17, 15) is 47.4 Å². The first kappa shape index (κ1) is 51.7. The first-order valence-corrected chi connectivity index (χ1v) is 25.5. The van der Waals surface area contributed by atoms with Gasteiger partial charge in [-0.05, 0) is 201 Å². The minimum Gasteiger partial charge on any atom is -0.309 e. The Morgan fingerprint density at radius 1 is 0.250 bits per heavy atom. The van der Waals surface area contributed by atoms with Gasteiger partial charge >= 0.3 is 6.18 Å². The topological polar surface area (TPSA) is 224 Å². The Bertz CT molecular complexity index is 4640. The zero-order chi connectivity index (χ0) is 58.6. The zero-order valence-corrected chi connectivity index (χ0v) is 43.4. The molecule has 0 saturated heterocycles. The van der Waals surface area contributed by atoms with E-state index >= 15 is 13.2 Å². The highest BCUT2D eigenvalue weighted by molar-refractivity contribution is 6.14. The van der Waals surface area contributed by atoms with Crippen LogP contribution in [0.4, 0.5) is 13.2 Å². The van der Waals surface area contributed by atoms with Crippen LogP contribution in [0.5, 0.6) is 0 Å². The van der Waals surface area contributed by atoms with Gasteiger partial charge in [0.05, 0.1) is 138 Å². The summed E-state index contributed by atoms with van der Waals surface area (Å²) < 4.78 is 54.6. The second-order valence-corrected chi connectivity index (χ2v) is 19.8. The van der Waals surface area contributed by atoms with Crippen LogP contribution >= 0.6 is 0 Å². The molecule has 0 unspecified atom stereocenters. The van der Waals surface area contributed by atoms with Gasteiger partial charge in [-0.2, -0.15) is 60.5 Å². The molecule has 0 aliphatic heterocycles. The normalized spacial score (nSPS) is 10.9. The van der Waals surface area contributed by atoms with Crippen molar-refractivity contribution in [1.82, 2.24) is 9.13 Å². The summed E-state index contributed by atoms with van der Waals surface area (Å²) in [6.07, 6.45) is -5.11. The third-order valence-electron chi connectivity index (χ3n) is 14.8. The van der Waals surface area contributed by atoms with Crippen molar-refractivity contribution in [3.8, 4) is 122 Å². The van der Waals surface area contributed by atoms with Crippen LogP contribution in [-0.4, -0.2) is 9.13 Å². The third-order valence-corrected chi connectivity index (χ3v) is 14.8. The summed E-state index contributed by atoms with van der Waals surface area (Å²) in [6, 6.07) is 67.9. The Morgan fingerprint density at radius 3 is 0.738 bits per heavy atom. The van der Waals surface area contributed by atoms with Crippen molar-refractivity contribution in [2.45, 2.75) is 6.18 Å². The Hall–Kier alpha value is -13.0. The molecule has 12 rings (SSSR count). The third kappa shape index (κ3) is 8.93. The molecule has 0 aliphatic rings. The van der Waals surface area contributed by atoms with Gasteiger partial charge in [0, 0.05) is 21.5 Å². The van der Waals surface area contributed by atoms with Gasteiger partial charge in [0.2, 0.25) is 0 Å². The number of hydrogen-bond acceptors (Lipinski definition) is 9. The first-order valence-electron chi connectivity index (χ1n) is 25.5. The molecule has 2 heterocycles. The molecule has 0 radical (unpaired) electrons. The summed E-state index contributed by atoms with van der Waals surface area (Å²) in [5, 5.41) is 91.7. The minimum absolute atomic E-state index is 0.222. The van der Waals surface area contributed by atoms with Crippen molar-refractivity contribution in [3.63, 3.8) is 0 Å². The average molecular weight is 1080 g/mol. The zero-order valence-electron chi connectivity index (χ0n) is 43.4. The van der Waals surface area contributed by atoms with Crippen LogP contribution in [0.1, 0.15) is 55.6 Å². The molecule has 11 nitrogen and oxygen atoms in total. The van der Waals surface area contributed by atoms with Gasteiger partial charge in [0.25, 0.3) is 0 Å². The highest BCUT2D eigenvalue weighted by Crippen LogP contribution is 2.48. The predicted octanol–water partition coefficient (Wildman–Crippen LogP) is 16.1. The summed E-state index contributed by atoms with van der Waals surface area (Å²) in [5.41, 5.74) is 6.64. The predicted molar refractivity (Wildman–Crippen MR) is 310 cm³/mol. The molecule has 14 heteroatoms. The number of rotatable bonds is 7. The van der Waals surface area contributed by atoms with Crippen molar-refractivity contribution in [2.75, 3.05) is 0 Å². The lowest BCUT2D eigenvalue weighted by atomic mass is 9.97. The smallest absolute Gasteiger partial charge is 0.309 e. The maximum atomic E-state index is 17.2. The minimum atomic E-state index is -5.11. The summed E-state index contributed by atoms with van der Waals surface area (Å²) in [5.74, 6) is 0. The maximum Gasteiger partial charge on any atom is 0.420 e. The Kier molecular flexibility index (Phi) is 12.5. The number of nitriles is 9. The second kappa shape index (κ2) is 20.3. The maximum absolute atomic E-state index is 17.2. The fourth-order valence-electron chi connectivity index (χ4n) is 11.2. The largest absolute Gasteiger partial charge is 0.420 e. The van der Waals surface area contributed by atoms with E-state index in [1.54, 1.807) is 146 Å². The SMILES string of the molecule is N#Cc1cccc(-c2cc(-n3c4ccc(-c5cc(C#N)cc(C#N)c5)cc4c4cc(-c5cc(C#N)cc(C#N)c5)ccc43)c(C(F)(F)F)c(-n3c4ccc(-c5cc(C#N)cc(C#N)c5)cc4c4cc(-c5cc(C#N)cc(C#N)c5)ccc43)c2)c1. The van der Waals surface area contributed by atoms with Gasteiger partial charge in [-0.25, -0.2) is 0 Å². The van der Waals surface area contributed by atoms with Gasteiger partial charge in [-0.3, -0.25) is 0 Å². The lowest BCUT2D eigenvalue weighted by molar-refractivity contribution is -0.137. The lowest BCUT2D eigenvalue weighted by Gasteiger charge is -2.23. The van der Waals surface area contributed by atoms with Crippen LogP contribution in [0.15, 0.2) is 182 Å². The molecular weight excluding hydrogens is 1050 g/mol. The van der Waals surface area contributed by atoms with E-state index in [0.29, 0.717) is 99.2 Å². The van der Waals surface area contributed by atoms with Crippen LogP contribution in [0.2, 0.25) is 0 Å². The number of alkyl halides is 3. The van der Waals surface area contributed by atoms with E-state index in [4.69, 9.17) is 0 Å². The molecule has 10 aromatic carbocycles. The molecule has 2 aromatic heterocycles. The monoisotopic (exact) mass is 1080 g/mol. The summed E-state index contributed by atoms with van der Waals surface area (Å²) >= 11 is 0. The number of aromatic nitrogens is 2. The quantitative estimate of drug-likeness (QED) is 0.148. The van der Waals surface area contributed by atoms with Crippen LogP contribution in [0.25, 0.3) is 111 Å². The summed E-state index contributed by atoms with van der Waals surface area (Å²) in [6.45, 7) is 0. The first-order chi connectivity index (χ1) is 40.8. The standard InChI is InChI=1S/C70H30F3N11/c71-70(72,73)69-67(83-63-8-4-50(54-17-41(32-75)12-42(18-54)33-76)25-59(63)60-26-51(5-9-64(60)83)55-19-43(34-77)13-44(20-55)35-78)29-58(49-3-1-2-40(16-49)31-74)30-68(69)84-65-10-6-52(56-21-45(36-79)14-46(22-56)37-80)27-61(65)62-28-53(7-11-66(62)84)57-23-47(38-81)15-48(24-57)39-82/h1-30H. The number of benzene rings is 10. The van der Waals surface area contributed by atoms with Gasteiger partial charge in [-0.15, -0.1) is 0 Å². The molecule has 0 atom stereocenters. The van der Waals surface area contributed by atoms with E-state index in [-0.39, 0.29) is 61.4 Å². The molecule has 0 spiro atoms. The number of halogens is 3. The molecule has 386 valence electrons. The number of fused-ring (bicyclic) bond motifs is 6. The Labute approximate surface area is 476 Å². The van der Waals surface area contributed by atoms with Crippen LogP contribution in [-0.2, 0) is 6.18 Å². The van der Waals surface area contributed by atoms with Gasteiger partial charge in [0.15, 0.2) is 0 Å². The lowest BCUT2D eigenvalue weighted by Crippen LogP contribution is -2.16. The fraction of sp³-hybridized carbons (Fsp3) is 0.0143. The van der Waals surface area contributed by atoms with Crippen LogP contribution in [0.3, 0.4) is 0 Å². The average Bonchev–Trinajstić information content (AvgIpc) is 1.70. The van der Waals surface area contributed by atoms with Gasteiger partial charge in [-0.1, -0.05) is 36.4 Å². The molecule has 0 aliphatic carbocycles. The van der Waals surface area contributed by atoms with E-state index < -0.39 is 11.7 Å². The molecule has 0 fully saturated rings. The molecule has 84 heavy (non-hydrogen) atoms. The van der Waals surface area contributed by atoms with Crippen molar-refractivity contribution in [1.29, 1.82) is 47.4 Å². The molecule has 0 N–H and O–H groups in total. The van der Waals surface area contributed by atoms with Crippen LogP contribution in [0, 0.1) is 102 Å². The van der Waals surface area contributed by atoms with Crippen molar-refractivity contribution >= 4 is 43.6 Å². The van der Waals surface area contributed by atoms with Crippen LogP contribution < -0.4 is 0 Å². The summed E-state index contributed by atoms with van der Waals surface area (Å²) in [4.78, 5) is 0. The molecule has 0 amide bonds. The second-order valence-electron chi connectivity index (χ2n) is 19.8. The van der Waals surface area contributed by atoms with E-state index in [1.807, 2.05) is 0 Å².